The number of benzene rings is 2. The fourth-order valence-corrected chi connectivity index (χ4v) is 2.34. The lowest BCUT2D eigenvalue weighted by molar-refractivity contribution is -0.136. The highest BCUT2D eigenvalue weighted by molar-refractivity contribution is 5.93. The second-order valence-electron chi connectivity index (χ2n) is 5.65. The van der Waals surface area contributed by atoms with Crippen LogP contribution in [0, 0.1) is 0 Å². The highest BCUT2D eigenvalue weighted by atomic mass is 16.5. The molecular formula is C19H21NO5. The molecular weight excluding hydrogens is 322 g/mol. The summed E-state index contributed by atoms with van der Waals surface area (Å²) in [5.74, 6) is -0.983. The molecule has 0 aliphatic heterocycles. The number of rotatable bonds is 8. The summed E-state index contributed by atoms with van der Waals surface area (Å²) in [6.45, 7) is 1.89. The van der Waals surface area contributed by atoms with Gasteiger partial charge in [-0.05, 0) is 41.8 Å². The summed E-state index contributed by atoms with van der Waals surface area (Å²) >= 11 is 0. The van der Waals surface area contributed by atoms with Gasteiger partial charge in [0.05, 0.1) is 12.1 Å². The molecule has 0 spiro atoms. The number of ether oxygens (including phenoxy) is 1. The maximum Gasteiger partial charge on any atom is 0.307 e. The van der Waals surface area contributed by atoms with E-state index in [9.17, 15) is 14.7 Å². The summed E-state index contributed by atoms with van der Waals surface area (Å²) in [6, 6.07) is 11.8. The van der Waals surface area contributed by atoms with E-state index < -0.39 is 11.9 Å². The van der Waals surface area contributed by atoms with Gasteiger partial charge in [-0.25, -0.2) is 0 Å². The van der Waals surface area contributed by atoms with Crippen LogP contribution in [-0.4, -0.2) is 28.7 Å². The molecule has 0 saturated carbocycles. The molecule has 6 heteroatoms. The SMILES string of the molecule is CCCc1ccc(OCC(=O)Nc2cc(CC(=O)O)ccc2O)cc1. The molecule has 0 heterocycles. The molecule has 0 aliphatic carbocycles. The molecule has 2 rings (SSSR count). The van der Waals surface area contributed by atoms with E-state index in [1.807, 2.05) is 24.3 Å². The van der Waals surface area contributed by atoms with Gasteiger partial charge in [-0.1, -0.05) is 31.5 Å². The molecule has 0 radical (unpaired) electrons. The van der Waals surface area contributed by atoms with Crippen molar-refractivity contribution in [3.63, 3.8) is 0 Å². The first-order valence-electron chi connectivity index (χ1n) is 8.03. The number of anilines is 1. The van der Waals surface area contributed by atoms with E-state index in [-0.39, 0.29) is 24.5 Å². The lowest BCUT2D eigenvalue weighted by Gasteiger charge is -2.10. The lowest BCUT2D eigenvalue weighted by atomic mass is 10.1. The number of hydrogen-bond donors (Lipinski definition) is 3. The Hall–Kier alpha value is -3.02. The lowest BCUT2D eigenvalue weighted by Crippen LogP contribution is -2.20. The normalized spacial score (nSPS) is 10.3. The van der Waals surface area contributed by atoms with Crippen molar-refractivity contribution in [2.24, 2.45) is 0 Å². The second-order valence-corrected chi connectivity index (χ2v) is 5.65. The number of carboxylic acids is 1. The minimum absolute atomic E-state index is 0.133. The first-order valence-corrected chi connectivity index (χ1v) is 8.03. The largest absolute Gasteiger partial charge is 0.506 e. The van der Waals surface area contributed by atoms with Gasteiger partial charge in [0, 0.05) is 0 Å². The molecule has 0 unspecified atom stereocenters. The number of carbonyl (C=O) groups is 2. The Bertz CT molecular complexity index is 740. The Kier molecular flexibility index (Phi) is 6.39. The highest BCUT2D eigenvalue weighted by Crippen LogP contribution is 2.24. The minimum atomic E-state index is -0.988. The van der Waals surface area contributed by atoms with Crippen molar-refractivity contribution in [3.05, 3.63) is 53.6 Å². The van der Waals surface area contributed by atoms with E-state index in [0.717, 1.165) is 12.8 Å². The average Bonchev–Trinajstić information content (AvgIpc) is 2.57. The average molecular weight is 343 g/mol. The monoisotopic (exact) mass is 343 g/mol. The molecule has 0 saturated heterocycles. The van der Waals surface area contributed by atoms with E-state index in [4.69, 9.17) is 9.84 Å². The smallest absolute Gasteiger partial charge is 0.307 e. The Balaban J connectivity index is 1.92. The quantitative estimate of drug-likeness (QED) is 0.640. The van der Waals surface area contributed by atoms with Crippen molar-refractivity contribution in [3.8, 4) is 11.5 Å². The molecule has 0 fully saturated rings. The first kappa shape index (κ1) is 18.3. The molecule has 1 amide bonds. The molecule has 132 valence electrons. The van der Waals surface area contributed by atoms with Gasteiger partial charge >= 0.3 is 5.97 Å². The number of carbonyl (C=O) groups excluding carboxylic acids is 1. The van der Waals surface area contributed by atoms with Gasteiger partial charge in [-0.15, -0.1) is 0 Å². The van der Waals surface area contributed by atoms with Gasteiger partial charge in [-0.2, -0.15) is 0 Å². The standard InChI is InChI=1S/C19H21NO5/c1-2-3-13-4-7-15(8-5-13)25-12-18(22)20-16-10-14(11-19(23)24)6-9-17(16)21/h4-10,21H,2-3,11-12H2,1H3,(H,20,22)(H,23,24). The van der Waals surface area contributed by atoms with Gasteiger partial charge in [0.15, 0.2) is 6.61 Å². The maximum atomic E-state index is 12.0. The molecule has 2 aromatic rings. The third kappa shape index (κ3) is 5.84. The number of nitrogens with one attached hydrogen (secondary N) is 1. The second kappa shape index (κ2) is 8.73. The molecule has 0 bridgehead atoms. The Morgan fingerprint density at radius 1 is 1.08 bits per heavy atom. The molecule has 25 heavy (non-hydrogen) atoms. The van der Waals surface area contributed by atoms with Crippen LogP contribution >= 0.6 is 0 Å². The van der Waals surface area contributed by atoms with Crippen molar-refractivity contribution in [1.82, 2.24) is 0 Å². The number of aryl methyl sites for hydroxylation is 1. The van der Waals surface area contributed by atoms with E-state index in [1.54, 1.807) is 0 Å². The third-order valence-corrected chi connectivity index (χ3v) is 3.52. The first-order chi connectivity index (χ1) is 12.0. The Labute approximate surface area is 146 Å². The molecule has 2 aromatic carbocycles. The van der Waals surface area contributed by atoms with Crippen LogP contribution in [0.2, 0.25) is 0 Å². The predicted molar refractivity (Wildman–Crippen MR) is 94.0 cm³/mol. The minimum Gasteiger partial charge on any atom is -0.506 e. The number of carboxylic acid groups (broad SMARTS) is 1. The number of phenolic OH excluding ortho intramolecular Hbond substituents is 1. The van der Waals surface area contributed by atoms with Gasteiger partial charge in [0.25, 0.3) is 5.91 Å². The van der Waals surface area contributed by atoms with Crippen LogP contribution in [0.5, 0.6) is 11.5 Å². The molecule has 0 atom stereocenters. The Morgan fingerprint density at radius 2 is 1.76 bits per heavy atom. The number of aromatic hydroxyl groups is 1. The predicted octanol–water partition coefficient (Wildman–Crippen LogP) is 2.99. The summed E-state index contributed by atoms with van der Waals surface area (Å²) in [6.07, 6.45) is 1.86. The van der Waals surface area contributed by atoms with Crippen molar-refractivity contribution >= 4 is 17.6 Å². The van der Waals surface area contributed by atoms with Crippen LogP contribution in [0.1, 0.15) is 24.5 Å². The zero-order valence-corrected chi connectivity index (χ0v) is 14.0. The summed E-state index contributed by atoms with van der Waals surface area (Å²) < 4.78 is 5.42. The Morgan fingerprint density at radius 3 is 2.40 bits per heavy atom. The summed E-state index contributed by atoms with van der Waals surface area (Å²) in [4.78, 5) is 22.7. The zero-order chi connectivity index (χ0) is 18.2. The van der Waals surface area contributed by atoms with E-state index >= 15 is 0 Å². The van der Waals surface area contributed by atoms with E-state index in [1.165, 1.54) is 23.8 Å². The highest BCUT2D eigenvalue weighted by Gasteiger charge is 2.10. The van der Waals surface area contributed by atoms with Crippen LogP contribution in [-0.2, 0) is 22.4 Å². The number of phenols is 1. The van der Waals surface area contributed by atoms with Crippen LogP contribution in [0.25, 0.3) is 0 Å². The topological polar surface area (TPSA) is 95.9 Å². The van der Waals surface area contributed by atoms with Crippen LogP contribution in [0.4, 0.5) is 5.69 Å². The van der Waals surface area contributed by atoms with Crippen LogP contribution in [0.3, 0.4) is 0 Å². The fraction of sp³-hybridized carbons (Fsp3) is 0.263. The molecule has 0 aromatic heterocycles. The van der Waals surface area contributed by atoms with Crippen molar-refractivity contribution in [2.75, 3.05) is 11.9 Å². The number of aliphatic carboxylic acids is 1. The van der Waals surface area contributed by atoms with Gasteiger partial charge in [-0.3, -0.25) is 9.59 Å². The molecule has 3 N–H and O–H groups in total. The van der Waals surface area contributed by atoms with Gasteiger partial charge < -0.3 is 20.3 Å². The summed E-state index contributed by atoms with van der Waals surface area (Å²) in [7, 11) is 0. The zero-order valence-electron chi connectivity index (χ0n) is 14.0. The van der Waals surface area contributed by atoms with Crippen LogP contribution in [0.15, 0.2) is 42.5 Å². The molecule has 6 nitrogen and oxygen atoms in total. The van der Waals surface area contributed by atoms with Crippen LogP contribution < -0.4 is 10.1 Å². The van der Waals surface area contributed by atoms with Crippen molar-refractivity contribution in [2.45, 2.75) is 26.2 Å². The van der Waals surface area contributed by atoms with Gasteiger partial charge in [0.2, 0.25) is 0 Å². The summed E-state index contributed by atoms with van der Waals surface area (Å²) in [5.41, 5.74) is 1.85. The van der Waals surface area contributed by atoms with Crippen molar-refractivity contribution in [1.29, 1.82) is 0 Å². The molecule has 0 aliphatic rings. The van der Waals surface area contributed by atoms with Gasteiger partial charge in [0.1, 0.15) is 11.5 Å². The third-order valence-electron chi connectivity index (χ3n) is 3.52. The van der Waals surface area contributed by atoms with Crippen molar-refractivity contribution < 1.29 is 24.5 Å². The van der Waals surface area contributed by atoms with E-state index in [0.29, 0.717) is 11.3 Å². The number of amides is 1. The van der Waals surface area contributed by atoms with E-state index in [2.05, 4.69) is 12.2 Å². The fourth-order valence-electron chi connectivity index (χ4n) is 2.34. The summed E-state index contributed by atoms with van der Waals surface area (Å²) in [5, 5.41) is 21.1. The number of hydrogen-bond acceptors (Lipinski definition) is 4. The maximum absolute atomic E-state index is 12.0.